The Morgan fingerprint density at radius 2 is 1.61 bits per heavy atom. The molecule has 1 aliphatic carbocycles. The molecule has 2 amide bonds. The van der Waals surface area contributed by atoms with Crippen LogP contribution >= 0.6 is 0 Å². The highest BCUT2D eigenvalue weighted by atomic mass is 16.5. The van der Waals surface area contributed by atoms with Gasteiger partial charge in [-0.2, -0.15) is 0 Å². The second kappa shape index (κ2) is 7.59. The molecule has 7 heteroatoms. The summed E-state index contributed by atoms with van der Waals surface area (Å²) in [6, 6.07) is 0.279. The third kappa shape index (κ3) is 4.22. The molecule has 1 saturated carbocycles. The molecule has 0 aromatic rings. The summed E-state index contributed by atoms with van der Waals surface area (Å²) in [5.41, 5.74) is 5.23. The number of carbonyl (C=O) groups is 2. The Labute approximate surface area is 137 Å². The standard InChI is InChI=1S/C16H28N4O3/c17-15(21)11-18-5-7-19(8-6-18)12-16(22)20-9-10-23-14-4-2-1-3-13(14)20/h13-14H,1-12H2,(H2,17,21). The first-order valence-corrected chi connectivity index (χ1v) is 8.77. The van der Waals surface area contributed by atoms with E-state index in [1.54, 1.807) is 0 Å². The van der Waals surface area contributed by atoms with E-state index in [2.05, 4.69) is 14.7 Å². The number of hydrogen-bond acceptors (Lipinski definition) is 5. The van der Waals surface area contributed by atoms with E-state index in [4.69, 9.17) is 10.5 Å². The average molecular weight is 324 g/mol. The van der Waals surface area contributed by atoms with Gasteiger partial charge < -0.3 is 15.4 Å². The van der Waals surface area contributed by atoms with Gasteiger partial charge >= 0.3 is 0 Å². The molecule has 0 spiro atoms. The summed E-state index contributed by atoms with van der Waals surface area (Å²) in [6.07, 6.45) is 4.81. The summed E-state index contributed by atoms with van der Waals surface area (Å²) in [5, 5.41) is 0. The highest BCUT2D eigenvalue weighted by Crippen LogP contribution is 2.28. The molecule has 0 aromatic heterocycles. The van der Waals surface area contributed by atoms with Gasteiger partial charge in [-0.1, -0.05) is 12.8 Å². The van der Waals surface area contributed by atoms with E-state index in [9.17, 15) is 9.59 Å². The van der Waals surface area contributed by atoms with Gasteiger partial charge in [-0.05, 0) is 12.8 Å². The summed E-state index contributed by atoms with van der Waals surface area (Å²) in [4.78, 5) is 30.0. The molecule has 3 rings (SSSR count). The lowest BCUT2D eigenvalue weighted by Crippen LogP contribution is -2.58. The zero-order valence-electron chi connectivity index (χ0n) is 13.8. The minimum atomic E-state index is -0.286. The highest BCUT2D eigenvalue weighted by Gasteiger charge is 2.37. The molecule has 7 nitrogen and oxygen atoms in total. The lowest BCUT2D eigenvalue weighted by atomic mass is 9.90. The molecule has 2 heterocycles. The second-order valence-electron chi connectivity index (χ2n) is 6.87. The summed E-state index contributed by atoms with van der Waals surface area (Å²) < 4.78 is 5.85. The summed E-state index contributed by atoms with van der Waals surface area (Å²) in [6.45, 7) is 5.41. The Balaban J connectivity index is 1.48. The van der Waals surface area contributed by atoms with Crippen LogP contribution in [0.15, 0.2) is 0 Å². The van der Waals surface area contributed by atoms with Crippen molar-refractivity contribution in [3.05, 3.63) is 0 Å². The molecule has 0 bridgehead atoms. The van der Waals surface area contributed by atoms with Crippen LogP contribution < -0.4 is 5.73 Å². The second-order valence-corrected chi connectivity index (χ2v) is 6.87. The lowest BCUT2D eigenvalue weighted by molar-refractivity contribution is -0.151. The topological polar surface area (TPSA) is 79.1 Å². The molecule has 0 radical (unpaired) electrons. The van der Waals surface area contributed by atoms with Gasteiger partial charge in [-0.15, -0.1) is 0 Å². The molecule has 0 aromatic carbocycles. The fraction of sp³-hybridized carbons (Fsp3) is 0.875. The number of nitrogens with zero attached hydrogens (tertiary/aromatic N) is 3. The van der Waals surface area contributed by atoms with E-state index in [1.165, 1.54) is 12.8 Å². The van der Waals surface area contributed by atoms with E-state index < -0.39 is 0 Å². The van der Waals surface area contributed by atoms with Crippen molar-refractivity contribution in [2.45, 2.75) is 37.8 Å². The number of fused-ring (bicyclic) bond motifs is 1. The number of carbonyl (C=O) groups excluding carboxylic acids is 2. The van der Waals surface area contributed by atoms with Crippen LogP contribution in [0.3, 0.4) is 0 Å². The number of primary amides is 1. The number of hydrogen-bond donors (Lipinski definition) is 1. The van der Waals surface area contributed by atoms with Crippen molar-refractivity contribution in [1.82, 2.24) is 14.7 Å². The van der Waals surface area contributed by atoms with Gasteiger partial charge in [0.2, 0.25) is 11.8 Å². The van der Waals surface area contributed by atoms with Crippen LogP contribution in [-0.2, 0) is 14.3 Å². The summed E-state index contributed by atoms with van der Waals surface area (Å²) >= 11 is 0. The Morgan fingerprint density at radius 1 is 0.957 bits per heavy atom. The van der Waals surface area contributed by atoms with Crippen molar-refractivity contribution in [3.8, 4) is 0 Å². The number of nitrogens with two attached hydrogens (primary N) is 1. The minimum Gasteiger partial charge on any atom is -0.374 e. The molecule has 2 atom stereocenters. The van der Waals surface area contributed by atoms with Crippen LogP contribution in [0.1, 0.15) is 25.7 Å². The normalized spacial score (nSPS) is 30.0. The largest absolute Gasteiger partial charge is 0.374 e. The number of ether oxygens (including phenoxy) is 1. The summed E-state index contributed by atoms with van der Waals surface area (Å²) in [5.74, 6) is -0.0558. The van der Waals surface area contributed by atoms with Crippen LogP contribution in [0.25, 0.3) is 0 Å². The Bertz CT molecular complexity index is 435. The lowest BCUT2D eigenvalue weighted by Gasteiger charge is -2.44. The van der Waals surface area contributed by atoms with Gasteiger partial charge in [0.15, 0.2) is 0 Å². The van der Waals surface area contributed by atoms with Gasteiger partial charge in [0.25, 0.3) is 0 Å². The SMILES string of the molecule is NC(=O)CN1CCN(CC(=O)N2CCOC3CCCCC32)CC1. The maximum absolute atomic E-state index is 12.7. The third-order valence-corrected chi connectivity index (χ3v) is 5.26. The molecule has 3 aliphatic rings. The van der Waals surface area contributed by atoms with E-state index in [-0.39, 0.29) is 24.0 Å². The molecule has 2 aliphatic heterocycles. The summed E-state index contributed by atoms with van der Waals surface area (Å²) in [7, 11) is 0. The highest BCUT2D eigenvalue weighted by molar-refractivity contribution is 5.79. The van der Waals surface area contributed by atoms with Crippen molar-refractivity contribution in [2.24, 2.45) is 5.73 Å². The van der Waals surface area contributed by atoms with Gasteiger partial charge in [-0.3, -0.25) is 19.4 Å². The predicted octanol–water partition coefficient (Wildman–Crippen LogP) is -0.741. The molecule has 2 saturated heterocycles. The van der Waals surface area contributed by atoms with Crippen molar-refractivity contribution < 1.29 is 14.3 Å². The van der Waals surface area contributed by atoms with Crippen molar-refractivity contribution >= 4 is 11.8 Å². The monoisotopic (exact) mass is 324 g/mol. The molecule has 2 N–H and O–H groups in total. The Kier molecular flexibility index (Phi) is 5.50. The average Bonchev–Trinajstić information content (AvgIpc) is 2.55. The molecular weight excluding hydrogens is 296 g/mol. The van der Waals surface area contributed by atoms with E-state index in [0.717, 1.165) is 45.6 Å². The van der Waals surface area contributed by atoms with Crippen molar-refractivity contribution in [1.29, 1.82) is 0 Å². The molecule has 3 fully saturated rings. The number of morpholine rings is 1. The number of amides is 2. The first-order valence-electron chi connectivity index (χ1n) is 8.77. The fourth-order valence-electron chi connectivity index (χ4n) is 4.01. The van der Waals surface area contributed by atoms with Crippen LogP contribution in [0, 0.1) is 0 Å². The smallest absolute Gasteiger partial charge is 0.237 e. The van der Waals surface area contributed by atoms with E-state index in [0.29, 0.717) is 19.7 Å². The van der Waals surface area contributed by atoms with E-state index in [1.807, 2.05) is 0 Å². The quantitative estimate of drug-likeness (QED) is 0.737. The van der Waals surface area contributed by atoms with Crippen molar-refractivity contribution in [3.63, 3.8) is 0 Å². The van der Waals surface area contributed by atoms with E-state index >= 15 is 0 Å². The Hall–Kier alpha value is -1.18. The van der Waals surface area contributed by atoms with Crippen molar-refractivity contribution in [2.75, 3.05) is 52.4 Å². The maximum Gasteiger partial charge on any atom is 0.237 e. The van der Waals surface area contributed by atoms with Crippen LogP contribution in [-0.4, -0.2) is 91.1 Å². The van der Waals surface area contributed by atoms with Crippen LogP contribution in [0.5, 0.6) is 0 Å². The van der Waals surface area contributed by atoms with Crippen LogP contribution in [0.4, 0.5) is 0 Å². The molecule has 2 unspecified atom stereocenters. The van der Waals surface area contributed by atoms with Gasteiger partial charge in [0.05, 0.1) is 31.8 Å². The maximum atomic E-state index is 12.7. The fourth-order valence-corrected chi connectivity index (χ4v) is 4.01. The Morgan fingerprint density at radius 3 is 2.30 bits per heavy atom. The molecule has 130 valence electrons. The predicted molar refractivity (Wildman–Crippen MR) is 85.8 cm³/mol. The van der Waals surface area contributed by atoms with Gasteiger partial charge in [0.1, 0.15) is 0 Å². The zero-order chi connectivity index (χ0) is 16.2. The number of rotatable bonds is 4. The first kappa shape index (κ1) is 16.7. The number of piperazine rings is 1. The third-order valence-electron chi connectivity index (χ3n) is 5.26. The first-order chi connectivity index (χ1) is 11.1. The van der Waals surface area contributed by atoms with Gasteiger partial charge in [-0.25, -0.2) is 0 Å². The molecular formula is C16H28N4O3. The zero-order valence-corrected chi connectivity index (χ0v) is 13.8. The van der Waals surface area contributed by atoms with Gasteiger partial charge in [0, 0.05) is 32.7 Å². The van der Waals surface area contributed by atoms with Crippen LogP contribution in [0.2, 0.25) is 0 Å². The molecule has 23 heavy (non-hydrogen) atoms. The minimum absolute atomic E-state index is 0.230.